The zero-order valence-corrected chi connectivity index (χ0v) is 15.8. The second kappa shape index (κ2) is 6.61. The minimum Gasteiger partial charge on any atom is -0.338 e. The maximum absolute atomic E-state index is 4.94. The van der Waals surface area contributed by atoms with Crippen LogP contribution in [0.2, 0.25) is 0 Å². The molecule has 0 bridgehead atoms. The Morgan fingerprint density at radius 3 is 2.57 bits per heavy atom. The van der Waals surface area contributed by atoms with E-state index in [0.29, 0.717) is 0 Å². The van der Waals surface area contributed by atoms with Crippen LogP contribution < -0.4 is 0 Å². The first-order chi connectivity index (χ1) is 11.0. The molecule has 0 spiro atoms. The van der Waals surface area contributed by atoms with Crippen molar-refractivity contribution < 1.29 is 0 Å². The van der Waals surface area contributed by atoms with Gasteiger partial charge in [-0.1, -0.05) is 15.9 Å². The molecule has 0 aliphatic carbocycles. The van der Waals surface area contributed by atoms with Crippen molar-refractivity contribution in [2.75, 3.05) is 33.2 Å². The molecule has 0 saturated carbocycles. The summed E-state index contributed by atoms with van der Waals surface area (Å²) in [5.41, 5.74) is 3.30. The number of guanidine groups is 1. The predicted molar refractivity (Wildman–Crippen MR) is 99.3 cm³/mol. The van der Waals surface area contributed by atoms with Crippen LogP contribution in [0.1, 0.15) is 32.4 Å². The number of likely N-dealkylation sites (N-methyl/N-ethyl adjacent to an activating group) is 1. The fraction of sp³-hybridized carbons (Fsp3) is 0.529. The molecular weight excluding hydrogens is 354 g/mol. The predicted octanol–water partition coefficient (Wildman–Crippen LogP) is 3.46. The normalized spacial score (nSPS) is 21.8. The molecule has 0 aromatic heterocycles. The van der Waals surface area contributed by atoms with Crippen LogP contribution in [0.4, 0.5) is 5.69 Å². The van der Waals surface area contributed by atoms with E-state index < -0.39 is 0 Å². The summed E-state index contributed by atoms with van der Waals surface area (Å²) in [5, 5.41) is 6.85. The fourth-order valence-electron chi connectivity index (χ4n) is 2.99. The Hall–Kier alpha value is -1.40. The average Bonchev–Trinajstić information content (AvgIpc) is 2.51. The number of halogens is 1. The Morgan fingerprint density at radius 2 is 1.91 bits per heavy atom. The molecule has 2 heterocycles. The van der Waals surface area contributed by atoms with E-state index in [0.717, 1.165) is 48.0 Å². The Balaban J connectivity index is 2.02. The molecular formula is C17H24BrN5. The molecule has 23 heavy (non-hydrogen) atoms. The maximum atomic E-state index is 4.94. The van der Waals surface area contributed by atoms with Gasteiger partial charge in [0.1, 0.15) is 0 Å². The highest BCUT2D eigenvalue weighted by molar-refractivity contribution is 9.10. The van der Waals surface area contributed by atoms with E-state index in [1.807, 2.05) is 13.8 Å². The van der Waals surface area contributed by atoms with Crippen molar-refractivity contribution >= 4 is 33.3 Å². The van der Waals surface area contributed by atoms with Crippen LogP contribution in [-0.2, 0) is 0 Å². The number of benzene rings is 1. The highest BCUT2D eigenvalue weighted by Gasteiger charge is 2.31. The number of nitrogens with zero attached hydrogens (tertiary/aromatic N) is 5. The van der Waals surface area contributed by atoms with Gasteiger partial charge in [0, 0.05) is 41.9 Å². The van der Waals surface area contributed by atoms with E-state index in [1.165, 1.54) is 5.56 Å². The number of rotatable bonds is 1. The third kappa shape index (κ3) is 3.43. The molecule has 6 heteroatoms. The fourth-order valence-corrected chi connectivity index (χ4v) is 3.37. The molecule has 1 aromatic carbocycles. The SMILES string of the molecule is CC(C)=NN1C(N2CCN(C)CC2)=Nc2ccc(Br)cc2C1C. The van der Waals surface area contributed by atoms with Crippen LogP contribution >= 0.6 is 15.9 Å². The van der Waals surface area contributed by atoms with Gasteiger partial charge in [0.05, 0.1) is 11.7 Å². The molecule has 1 saturated heterocycles. The summed E-state index contributed by atoms with van der Waals surface area (Å²) >= 11 is 3.57. The van der Waals surface area contributed by atoms with Gasteiger partial charge in [0.2, 0.25) is 5.96 Å². The van der Waals surface area contributed by atoms with Gasteiger partial charge in [0.25, 0.3) is 0 Å². The largest absolute Gasteiger partial charge is 0.338 e. The topological polar surface area (TPSA) is 34.4 Å². The number of piperazine rings is 1. The molecule has 5 nitrogen and oxygen atoms in total. The van der Waals surface area contributed by atoms with E-state index >= 15 is 0 Å². The Bertz CT molecular complexity index is 642. The van der Waals surface area contributed by atoms with Crippen LogP contribution in [0.25, 0.3) is 0 Å². The molecule has 1 fully saturated rings. The Morgan fingerprint density at radius 1 is 1.22 bits per heavy atom. The summed E-state index contributed by atoms with van der Waals surface area (Å²) in [6.07, 6.45) is 0. The van der Waals surface area contributed by atoms with Crippen molar-refractivity contribution in [3.05, 3.63) is 28.2 Å². The second-order valence-electron chi connectivity index (χ2n) is 6.47. The summed E-state index contributed by atoms with van der Waals surface area (Å²) < 4.78 is 1.08. The van der Waals surface area contributed by atoms with Crippen molar-refractivity contribution in [2.24, 2.45) is 10.1 Å². The molecule has 0 radical (unpaired) electrons. The molecule has 3 rings (SSSR count). The zero-order chi connectivity index (χ0) is 16.6. The van der Waals surface area contributed by atoms with E-state index in [-0.39, 0.29) is 6.04 Å². The van der Waals surface area contributed by atoms with E-state index in [4.69, 9.17) is 10.1 Å². The quantitative estimate of drug-likeness (QED) is 0.702. The highest BCUT2D eigenvalue weighted by atomic mass is 79.9. The van der Waals surface area contributed by atoms with Crippen molar-refractivity contribution in [1.29, 1.82) is 0 Å². The lowest BCUT2D eigenvalue weighted by Gasteiger charge is -2.41. The van der Waals surface area contributed by atoms with E-state index in [2.05, 4.69) is 62.9 Å². The number of aliphatic imine (C=N–C) groups is 1. The molecule has 1 atom stereocenters. The molecule has 2 aliphatic rings. The standard InChI is InChI=1S/C17H24BrN5/c1-12(2)20-23-13(3)15-11-14(18)5-6-16(15)19-17(23)22-9-7-21(4)8-10-22/h5-6,11,13H,7-10H2,1-4H3. The Labute approximate surface area is 146 Å². The van der Waals surface area contributed by atoms with Crippen LogP contribution in [0.5, 0.6) is 0 Å². The van der Waals surface area contributed by atoms with Crippen molar-refractivity contribution in [3.8, 4) is 0 Å². The zero-order valence-electron chi connectivity index (χ0n) is 14.3. The van der Waals surface area contributed by atoms with Gasteiger partial charge in [-0.15, -0.1) is 0 Å². The number of hydrogen-bond acceptors (Lipinski definition) is 5. The van der Waals surface area contributed by atoms with Gasteiger partial charge in [-0.05, 0) is 46.0 Å². The van der Waals surface area contributed by atoms with E-state index in [9.17, 15) is 0 Å². The highest BCUT2D eigenvalue weighted by Crippen LogP contribution is 2.37. The van der Waals surface area contributed by atoms with Gasteiger partial charge in [-0.3, -0.25) is 0 Å². The van der Waals surface area contributed by atoms with Crippen LogP contribution in [0.15, 0.2) is 32.8 Å². The first-order valence-electron chi connectivity index (χ1n) is 8.08. The van der Waals surface area contributed by atoms with Crippen molar-refractivity contribution in [2.45, 2.75) is 26.8 Å². The maximum Gasteiger partial charge on any atom is 0.223 e. The lowest BCUT2D eigenvalue weighted by molar-refractivity contribution is 0.186. The number of hydrazone groups is 1. The first-order valence-corrected chi connectivity index (χ1v) is 8.87. The summed E-state index contributed by atoms with van der Waals surface area (Å²) in [7, 11) is 2.17. The van der Waals surface area contributed by atoms with Crippen LogP contribution in [0.3, 0.4) is 0 Å². The lowest BCUT2D eigenvalue weighted by atomic mass is 10.0. The van der Waals surface area contributed by atoms with Gasteiger partial charge in [0.15, 0.2) is 0 Å². The van der Waals surface area contributed by atoms with Crippen molar-refractivity contribution in [1.82, 2.24) is 14.8 Å². The Kier molecular flexibility index (Phi) is 4.73. The van der Waals surface area contributed by atoms with Gasteiger partial charge >= 0.3 is 0 Å². The van der Waals surface area contributed by atoms with Gasteiger partial charge in [-0.2, -0.15) is 5.10 Å². The molecule has 0 N–H and O–H groups in total. The van der Waals surface area contributed by atoms with Crippen molar-refractivity contribution in [3.63, 3.8) is 0 Å². The monoisotopic (exact) mass is 377 g/mol. The third-order valence-electron chi connectivity index (χ3n) is 4.33. The van der Waals surface area contributed by atoms with Gasteiger partial charge < -0.3 is 9.80 Å². The lowest BCUT2D eigenvalue weighted by Crippen LogP contribution is -2.52. The minimum absolute atomic E-state index is 0.171. The third-order valence-corrected chi connectivity index (χ3v) is 4.82. The molecule has 0 amide bonds. The summed E-state index contributed by atoms with van der Waals surface area (Å²) in [6.45, 7) is 10.4. The average molecular weight is 378 g/mol. The van der Waals surface area contributed by atoms with E-state index in [1.54, 1.807) is 0 Å². The summed E-state index contributed by atoms with van der Waals surface area (Å²) in [6, 6.07) is 6.47. The number of hydrogen-bond donors (Lipinski definition) is 0. The molecule has 1 aromatic rings. The molecule has 2 aliphatic heterocycles. The molecule has 1 unspecified atom stereocenters. The summed E-state index contributed by atoms with van der Waals surface area (Å²) in [4.78, 5) is 9.65. The van der Waals surface area contributed by atoms with Crippen LogP contribution in [0, 0.1) is 0 Å². The minimum atomic E-state index is 0.171. The number of fused-ring (bicyclic) bond motifs is 1. The first kappa shape index (κ1) is 16.5. The molecule has 124 valence electrons. The summed E-state index contributed by atoms with van der Waals surface area (Å²) in [5.74, 6) is 0.974. The van der Waals surface area contributed by atoms with Gasteiger partial charge in [-0.25, -0.2) is 10.0 Å². The van der Waals surface area contributed by atoms with Crippen LogP contribution in [-0.4, -0.2) is 59.7 Å². The smallest absolute Gasteiger partial charge is 0.223 e. The second-order valence-corrected chi connectivity index (χ2v) is 7.39.